The summed E-state index contributed by atoms with van der Waals surface area (Å²) in [5.74, 6) is -0.185. The summed E-state index contributed by atoms with van der Waals surface area (Å²) in [7, 11) is 0. The lowest BCUT2D eigenvalue weighted by Crippen LogP contribution is -2.10. The average molecular weight is 433 g/mol. The lowest BCUT2D eigenvalue weighted by molar-refractivity contribution is 0.0477. The zero-order valence-corrected chi connectivity index (χ0v) is 20.1. The molecular formula is C27H44O4. The Bertz CT molecular complexity index is 592. The van der Waals surface area contributed by atoms with E-state index in [0.717, 1.165) is 19.3 Å². The van der Waals surface area contributed by atoms with Crippen LogP contribution in [0.15, 0.2) is 24.3 Å². The molecule has 0 spiro atoms. The lowest BCUT2D eigenvalue weighted by atomic mass is 10.1. The molecule has 0 aromatic heterocycles. The SMILES string of the molecule is CCCCCCCCCCCCCCOC(=O)c1ccc(C(=O)OCCC(C)C)cc1. The van der Waals surface area contributed by atoms with Crippen LogP contribution < -0.4 is 0 Å². The van der Waals surface area contributed by atoms with Gasteiger partial charge in [0.15, 0.2) is 0 Å². The zero-order chi connectivity index (χ0) is 22.7. The van der Waals surface area contributed by atoms with E-state index in [0.29, 0.717) is 30.3 Å². The molecule has 4 nitrogen and oxygen atoms in total. The molecule has 0 heterocycles. The minimum Gasteiger partial charge on any atom is -0.462 e. The van der Waals surface area contributed by atoms with Gasteiger partial charge in [0.05, 0.1) is 24.3 Å². The number of carbonyl (C=O) groups excluding carboxylic acids is 2. The first kappa shape index (κ1) is 27.2. The molecular weight excluding hydrogens is 388 g/mol. The summed E-state index contributed by atoms with van der Waals surface area (Å²) in [6, 6.07) is 6.50. The van der Waals surface area contributed by atoms with E-state index in [1.54, 1.807) is 24.3 Å². The molecule has 0 aliphatic carbocycles. The van der Waals surface area contributed by atoms with E-state index < -0.39 is 0 Å². The summed E-state index contributed by atoms with van der Waals surface area (Å²) in [4.78, 5) is 24.1. The molecule has 0 bridgehead atoms. The summed E-state index contributed by atoms with van der Waals surface area (Å²) in [5, 5.41) is 0. The molecule has 4 heteroatoms. The van der Waals surface area contributed by atoms with Crippen LogP contribution in [-0.4, -0.2) is 25.2 Å². The Balaban J connectivity index is 2.06. The maximum atomic E-state index is 12.1. The van der Waals surface area contributed by atoms with Gasteiger partial charge in [0.1, 0.15) is 0 Å². The molecule has 0 aliphatic heterocycles. The number of ether oxygens (including phenoxy) is 2. The van der Waals surface area contributed by atoms with Crippen molar-refractivity contribution in [2.75, 3.05) is 13.2 Å². The van der Waals surface area contributed by atoms with Gasteiger partial charge in [-0.3, -0.25) is 0 Å². The van der Waals surface area contributed by atoms with Gasteiger partial charge >= 0.3 is 11.9 Å². The van der Waals surface area contributed by atoms with E-state index in [1.165, 1.54) is 64.2 Å². The van der Waals surface area contributed by atoms with E-state index in [9.17, 15) is 9.59 Å². The predicted octanol–water partition coefficient (Wildman–Crippen LogP) is 7.75. The first-order chi connectivity index (χ1) is 15.0. The van der Waals surface area contributed by atoms with Crippen LogP contribution in [0.2, 0.25) is 0 Å². The van der Waals surface area contributed by atoms with Gasteiger partial charge in [-0.05, 0) is 43.0 Å². The maximum absolute atomic E-state index is 12.1. The van der Waals surface area contributed by atoms with Crippen molar-refractivity contribution < 1.29 is 19.1 Å². The number of unbranched alkanes of at least 4 members (excludes halogenated alkanes) is 11. The molecule has 0 fully saturated rings. The molecule has 0 atom stereocenters. The summed E-state index contributed by atoms with van der Waals surface area (Å²) < 4.78 is 10.6. The lowest BCUT2D eigenvalue weighted by Gasteiger charge is -2.08. The van der Waals surface area contributed by atoms with Crippen LogP contribution in [0.3, 0.4) is 0 Å². The molecule has 0 N–H and O–H groups in total. The predicted molar refractivity (Wildman–Crippen MR) is 128 cm³/mol. The first-order valence-corrected chi connectivity index (χ1v) is 12.5. The van der Waals surface area contributed by atoms with Crippen molar-refractivity contribution in [1.29, 1.82) is 0 Å². The van der Waals surface area contributed by atoms with E-state index >= 15 is 0 Å². The van der Waals surface area contributed by atoms with Crippen LogP contribution in [0, 0.1) is 5.92 Å². The van der Waals surface area contributed by atoms with Crippen LogP contribution in [0.5, 0.6) is 0 Å². The average Bonchev–Trinajstić information content (AvgIpc) is 2.76. The topological polar surface area (TPSA) is 52.6 Å². The Morgan fingerprint density at radius 2 is 1.03 bits per heavy atom. The fourth-order valence-electron chi connectivity index (χ4n) is 3.40. The normalized spacial score (nSPS) is 11.0. The van der Waals surface area contributed by atoms with Crippen molar-refractivity contribution in [3.8, 4) is 0 Å². The smallest absolute Gasteiger partial charge is 0.338 e. The van der Waals surface area contributed by atoms with Gasteiger partial charge < -0.3 is 9.47 Å². The molecule has 1 aromatic carbocycles. The molecule has 0 radical (unpaired) electrons. The highest BCUT2D eigenvalue weighted by atomic mass is 16.5. The molecule has 176 valence electrons. The molecule has 0 saturated carbocycles. The van der Waals surface area contributed by atoms with E-state index in [2.05, 4.69) is 20.8 Å². The highest BCUT2D eigenvalue weighted by Crippen LogP contribution is 2.13. The minimum atomic E-state index is -0.350. The Morgan fingerprint density at radius 1 is 0.645 bits per heavy atom. The Labute approximate surface area is 190 Å². The van der Waals surface area contributed by atoms with Gasteiger partial charge in [-0.1, -0.05) is 91.4 Å². The van der Waals surface area contributed by atoms with Crippen LogP contribution in [0.25, 0.3) is 0 Å². The second-order valence-electron chi connectivity index (χ2n) is 8.92. The fourth-order valence-corrected chi connectivity index (χ4v) is 3.40. The van der Waals surface area contributed by atoms with Crippen LogP contribution in [0.1, 0.15) is 125 Å². The van der Waals surface area contributed by atoms with Crippen molar-refractivity contribution in [2.24, 2.45) is 5.92 Å². The summed E-state index contributed by atoms with van der Waals surface area (Å²) >= 11 is 0. The van der Waals surface area contributed by atoms with Crippen LogP contribution in [0.4, 0.5) is 0 Å². The third kappa shape index (κ3) is 14.0. The van der Waals surface area contributed by atoms with Gasteiger partial charge in [0, 0.05) is 0 Å². The molecule has 0 saturated heterocycles. The number of esters is 2. The standard InChI is InChI=1S/C27H44O4/c1-4-5-6-7-8-9-10-11-12-13-14-15-21-30-26(28)24-16-18-25(19-17-24)27(29)31-22-20-23(2)3/h16-19,23H,4-15,20-22H2,1-3H3. The Morgan fingerprint density at radius 3 is 1.45 bits per heavy atom. The minimum absolute atomic E-state index is 0.331. The second-order valence-corrected chi connectivity index (χ2v) is 8.92. The van der Waals surface area contributed by atoms with Gasteiger partial charge in [0.25, 0.3) is 0 Å². The molecule has 31 heavy (non-hydrogen) atoms. The largest absolute Gasteiger partial charge is 0.462 e. The number of hydrogen-bond donors (Lipinski definition) is 0. The highest BCUT2D eigenvalue weighted by molar-refractivity contribution is 5.93. The first-order valence-electron chi connectivity index (χ1n) is 12.5. The maximum Gasteiger partial charge on any atom is 0.338 e. The van der Waals surface area contributed by atoms with Crippen molar-refractivity contribution in [1.82, 2.24) is 0 Å². The van der Waals surface area contributed by atoms with Crippen molar-refractivity contribution >= 4 is 11.9 Å². The molecule has 0 aliphatic rings. The number of hydrogen-bond acceptors (Lipinski definition) is 4. The summed E-state index contributed by atoms with van der Waals surface area (Å²) in [6.07, 6.45) is 16.2. The number of benzene rings is 1. The quantitative estimate of drug-likeness (QED) is 0.176. The molecule has 0 unspecified atom stereocenters. The van der Waals surface area contributed by atoms with Crippen LogP contribution >= 0.6 is 0 Å². The van der Waals surface area contributed by atoms with Gasteiger partial charge in [-0.25, -0.2) is 9.59 Å². The third-order valence-electron chi connectivity index (χ3n) is 5.52. The number of carbonyl (C=O) groups is 2. The van der Waals surface area contributed by atoms with Crippen molar-refractivity contribution in [2.45, 2.75) is 104 Å². The highest BCUT2D eigenvalue weighted by Gasteiger charge is 2.11. The van der Waals surface area contributed by atoms with Gasteiger partial charge in [-0.15, -0.1) is 0 Å². The van der Waals surface area contributed by atoms with E-state index in [4.69, 9.17) is 9.47 Å². The van der Waals surface area contributed by atoms with Crippen molar-refractivity contribution in [3.05, 3.63) is 35.4 Å². The van der Waals surface area contributed by atoms with Crippen LogP contribution in [-0.2, 0) is 9.47 Å². The van der Waals surface area contributed by atoms with E-state index in [-0.39, 0.29) is 11.9 Å². The second kappa shape index (κ2) is 17.8. The Kier molecular flexibility index (Phi) is 15.6. The summed E-state index contributed by atoms with van der Waals surface area (Å²) in [5.41, 5.74) is 0.930. The molecule has 0 amide bonds. The monoisotopic (exact) mass is 432 g/mol. The van der Waals surface area contributed by atoms with Crippen molar-refractivity contribution in [3.63, 3.8) is 0 Å². The van der Waals surface area contributed by atoms with Gasteiger partial charge in [0.2, 0.25) is 0 Å². The molecule has 1 aromatic rings. The number of rotatable bonds is 18. The van der Waals surface area contributed by atoms with E-state index in [1.807, 2.05) is 0 Å². The Hall–Kier alpha value is -1.84. The summed E-state index contributed by atoms with van der Waals surface area (Å²) in [6.45, 7) is 7.30. The fraction of sp³-hybridized carbons (Fsp3) is 0.704. The molecule has 1 rings (SSSR count). The zero-order valence-electron chi connectivity index (χ0n) is 20.1. The van der Waals surface area contributed by atoms with Gasteiger partial charge in [-0.2, -0.15) is 0 Å². The third-order valence-corrected chi connectivity index (χ3v) is 5.52.